The molecule has 0 unspecified atom stereocenters. The van der Waals surface area contributed by atoms with Crippen LogP contribution in [0.3, 0.4) is 0 Å². The molecule has 0 spiro atoms. The third kappa shape index (κ3) is 5.16. The molecule has 0 saturated carbocycles. The first-order valence-electron chi connectivity index (χ1n) is 7.77. The van der Waals surface area contributed by atoms with Crippen LogP contribution in [0.1, 0.15) is 29.8 Å². The van der Waals surface area contributed by atoms with Crippen LogP contribution >= 0.6 is 11.6 Å². The molecule has 25 heavy (non-hydrogen) atoms. The fourth-order valence-corrected chi connectivity index (χ4v) is 2.50. The lowest BCUT2D eigenvalue weighted by Crippen LogP contribution is -2.39. The summed E-state index contributed by atoms with van der Waals surface area (Å²) in [5, 5.41) is 3.33. The third-order valence-electron chi connectivity index (χ3n) is 3.70. The average Bonchev–Trinajstić information content (AvgIpc) is 2.59. The molecule has 0 bridgehead atoms. The Morgan fingerprint density at radius 2 is 1.64 bits per heavy atom. The summed E-state index contributed by atoms with van der Waals surface area (Å²) in [4.78, 5) is 36.8. The first-order chi connectivity index (χ1) is 11.9. The molecule has 0 aliphatic carbocycles. The van der Waals surface area contributed by atoms with Crippen molar-refractivity contribution in [1.29, 1.82) is 0 Å². The summed E-state index contributed by atoms with van der Waals surface area (Å²) >= 11 is 6.06. The molecule has 5 nitrogen and oxygen atoms in total. The summed E-state index contributed by atoms with van der Waals surface area (Å²) in [6.45, 7) is 3.03. The second kappa shape index (κ2) is 8.44. The zero-order chi connectivity index (χ0) is 18.4. The molecular formula is C19H19ClN2O3. The predicted molar refractivity (Wildman–Crippen MR) is 97.8 cm³/mol. The van der Waals surface area contributed by atoms with Crippen LogP contribution in [0.5, 0.6) is 0 Å². The third-order valence-corrected chi connectivity index (χ3v) is 4.07. The minimum Gasteiger partial charge on any atom is -0.350 e. The lowest BCUT2D eigenvalue weighted by molar-refractivity contribution is -0.123. The molecule has 0 saturated heterocycles. The molecule has 0 aromatic heterocycles. The number of nitrogens with one attached hydrogen (secondary N) is 1. The molecule has 0 radical (unpaired) electrons. The molecular weight excluding hydrogens is 340 g/mol. The van der Waals surface area contributed by atoms with Gasteiger partial charge >= 0.3 is 0 Å². The van der Waals surface area contributed by atoms with Crippen LogP contribution in [-0.2, 0) is 16.1 Å². The van der Waals surface area contributed by atoms with Gasteiger partial charge in [0.15, 0.2) is 5.78 Å². The van der Waals surface area contributed by atoms with Crippen LogP contribution < -0.4 is 10.2 Å². The molecule has 0 atom stereocenters. The lowest BCUT2D eigenvalue weighted by Gasteiger charge is -2.21. The highest BCUT2D eigenvalue weighted by atomic mass is 35.5. The zero-order valence-corrected chi connectivity index (χ0v) is 14.8. The van der Waals surface area contributed by atoms with Crippen LogP contribution in [0.15, 0.2) is 48.5 Å². The monoisotopic (exact) mass is 358 g/mol. The Balaban J connectivity index is 2.03. The number of carbonyl (C=O) groups is 3. The van der Waals surface area contributed by atoms with Gasteiger partial charge in [-0.15, -0.1) is 0 Å². The van der Waals surface area contributed by atoms with Crippen molar-refractivity contribution < 1.29 is 14.4 Å². The second-order valence-corrected chi connectivity index (χ2v) is 5.98. The number of amides is 2. The Hall–Kier alpha value is -2.66. The van der Waals surface area contributed by atoms with Gasteiger partial charge in [0.05, 0.1) is 0 Å². The quantitative estimate of drug-likeness (QED) is 0.806. The maximum Gasteiger partial charge on any atom is 0.240 e. The highest BCUT2D eigenvalue weighted by Crippen LogP contribution is 2.17. The van der Waals surface area contributed by atoms with Gasteiger partial charge in [-0.2, -0.15) is 0 Å². The highest BCUT2D eigenvalue weighted by molar-refractivity contribution is 6.31. The molecule has 1 N–H and O–H groups in total. The molecule has 2 aromatic rings. The smallest absolute Gasteiger partial charge is 0.240 e. The minimum atomic E-state index is -0.300. The zero-order valence-electron chi connectivity index (χ0n) is 14.1. The Labute approximate surface area is 151 Å². The number of carbonyl (C=O) groups excluding carboxylic acids is 3. The van der Waals surface area contributed by atoms with E-state index in [4.69, 9.17) is 11.6 Å². The van der Waals surface area contributed by atoms with E-state index in [1.165, 1.54) is 18.7 Å². The van der Waals surface area contributed by atoms with E-state index in [-0.39, 0.29) is 30.7 Å². The summed E-state index contributed by atoms with van der Waals surface area (Å²) < 4.78 is 0. The largest absolute Gasteiger partial charge is 0.350 e. The molecule has 0 aliphatic rings. The van der Waals surface area contributed by atoms with Crippen molar-refractivity contribution in [3.63, 3.8) is 0 Å². The number of rotatable bonds is 6. The topological polar surface area (TPSA) is 66.5 Å². The highest BCUT2D eigenvalue weighted by Gasteiger charge is 2.16. The van der Waals surface area contributed by atoms with E-state index in [1.807, 2.05) is 18.2 Å². The molecule has 0 fully saturated rings. The van der Waals surface area contributed by atoms with Gasteiger partial charge in [0, 0.05) is 29.7 Å². The average molecular weight is 359 g/mol. The summed E-state index contributed by atoms with van der Waals surface area (Å²) in [6.07, 6.45) is 0. The van der Waals surface area contributed by atoms with Crippen molar-refractivity contribution in [2.45, 2.75) is 20.4 Å². The van der Waals surface area contributed by atoms with Crippen LogP contribution in [0.25, 0.3) is 0 Å². The van der Waals surface area contributed by atoms with E-state index in [2.05, 4.69) is 5.32 Å². The van der Waals surface area contributed by atoms with E-state index in [9.17, 15) is 14.4 Å². The number of ketones is 1. The van der Waals surface area contributed by atoms with Crippen LogP contribution in [0, 0.1) is 0 Å². The van der Waals surface area contributed by atoms with E-state index in [0.717, 1.165) is 5.56 Å². The molecule has 0 heterocycles. The maximum absolute atomic E-state index is 12.2. The summed E-state index contributed by atoms with van der Waals surface area (Å²) in [5.41, 5.74) is 1.92. The van der Waals surface area contributed by atoms with E-state index < -0.39 is 0 Å². The molecule has 0 aliphatic heterocycles. The normalized spacial score (nSPS) is 10.2. The number of nitrogens with zero attached hydrogens (tertiary/aromatic N) is 1. The minimum absolute atomic E-state index is 0.0570. The molecule has 130 valence electrons. The number of hydrogen-bond donors (Lipinski definition) is 1. The second-order valence-electron chi connectivity index (χ2n) is 5.58. The Morgan fingerprint density at radius 1 is 1.00 bits per heavy atom. The SMILES string of the molecule is CC(=O)c1ccc(N(CC(=O)NCc2ccccc2Cl)C(C)=O)cc1. The number of anilines is 1. The molecule has 2 rings (SSSR count). The number of benzene rings is 2. The lowest BCUT2D eigenvalue weighted by atomic mass is 10.1. The predicted octanol–water partition coefficient (Wildman–Crippen LogP) is 3.21. The van der Waals surface area contributed by atoms with Crippen molar-refractivity contribution in [2.75, 3.05) is 11.4 Å². The summed E-state index contributed by atoms with van der Waals surface area (Å²) in [6, 6.07) is 13.8. The van der Waals surface area contributed by atoms with Crippen molar-refractivity contribution in [1.82, 2.24) is 5.32 Å². The first kappa shape index (κ1) is 18.7. The van der Waals surface area contributed by atoms with Crippen molar-refractivity contribution >= 4 is 34.9 Å². The van der Waals surface area contributed by atoms with Gasteiger partial charge in [-0.05, 0) is 42.8 Å². The molecule has 2 aromatic carbocycles. The Kier molecular flexibility index (Phi) is 6.31. The van der Waals surface area contributed by atoms with Gasteiger partial charge < -0.3 is 10.2 Å². The maximum atomic E-state index is 12.2. The van der Waals surface area contributed by atoms with Crippen molar-refractivity contribution in [3.05, 3.63) is 64.7 Å². The fourth-order valence-electron chi connectivity index (χ4n) is 2.30. The van der Waals surface area contributed by atoms with Crippen molar-refractivity contribution in [2.24, 2.45) is 0 Å². The fraction of sp³-hybridized carbons (Fsp3) is 0.211. The summed E-state index contributed by atoms with van der Waals surface area (Å²) in [7, 11) is 0. The van der Waals surface area contributed by atoms with Gasteiger partial charge in [0.25, 0.3) is 0 Å². The molecule has 2 amide bonds. The van der Waals surface area contributed by atoms with E-state index in [1.54, 1.807) is 30.3 Å². The van der Waals surface area contributed by atoms with Gasteiger partial charge in [-0.25, -0.2) is 0 Å². The number of hydrogen-bond acceptors (Lipinski definition) is 3. The Bertz CT molecular complexity index is 788. The van der Waals surface area contributed by atoms with Crippen LogP contribution in [0.2, 0.25) is 5.02 Å². The van der Waals surface area contributed by atoms with Gasteiger partial charge in [-0.1, -0.05) is 29.8 Å². The van der Waals surface area contributed by atoms with Gasteiger partial charge in [-0.3, -0.25) is 14.4 Å². The van der Waals surface area contributed by atoms with E-state index >= 15 is 0 Å². The molecule has 6 heteroatoms. The summed E-state index contributed by atoms with van der Waals surface area (Å²) in [5.74, 6) is -0.618. The van der Waals surface area contributed by atoms with Crippen LogP contribution in [0.4, 0.5) is 5.69 Å². The van der Waals surface area contributed by atoms with Crippen molar-refractivity contribution in [3.8, 4) is 0 Å². The van der Waals surface area contributed by atoms with E-state index in [0.29, 0.717) is 16.3 Å². The number of halogens is 1. The van der Waals surface area contributed by atoms with Crippen LogP contribution in [-0.4, -0.2) is 24.1 Å². The number of Topliss-reactive ketones (excluding diaryl/α,β-unsaturated/α-hetero) is 1. The Morgan fingerprint density at radius 3 is 2.20 bits per heavy atom. The van der Waals surface area contributed by atoms with Gasteiger partial charge in [0.1, 0.15) is 6.54 Å². The van der Waals surface area contributed by atoms with Gasteiger partial charge in [0.2, 0.25) is 11.8 Å². The standard InChI is InChI=1S/C19H19ClN2O3/c1-13(23)15-7-9-17(10-8-15)22(14(2)24)12-19(25)21-11-16-5-3-4-6-18(16)20/h3-10H,11-12H2,1-2H3,(H,21,25). The first-order valence-corrected chi connectivity index (χ1v) is 8.15.